The van der Waals surface area contributed by atoms with Gasteiger partial charge in [0.25, 0.3) is 0 Å². The fourth-order valence-corrected chi connectivity index (χ4v) is 2.48. The van der Waals surface area contributed by atoms with E-state index in [1.54, 1.807) is 0 Å². The molecule has 3 N–H and O–H groups in total. The Morgan fingerprint density at radius 1 is 1.41 bits per heavy atom. The van der Waals surface area contributed by atoms with Crippen molar-refractivity contribution >= 4 is 0 Å². The zero-order chi connectivity index (χ0) is 11.5. The molecule has 0 aromatic carbocycles. The minimum absolute atomic E-state index is 0.731. The highest BCUT2D eigenvalue weighted by Crippen LogP contribution is 2.19. The van der Waals surface area contributed by atoms with Gasteiger partial charge < -0.3 is 15.3 Å². The summed E-state index contributed by atoms with van der Waals surface area (Å²) in [5.41, 5.74) is 2.27. The molecule has 2 aromatic rings. The maximum absolute atomic E-state index is 4.47. The fraction of sp³-hybridized carbons (Fsp3) is 0.462. The van der Waals surface area contributed by atoms with Crippen LogP contribution in [-0.4, -0.2) is 28.0 Å². The highest BCUT2D eigenvalue weighted by Gasteiger charge is 2.15. The molecule has 3 rings (SSSR count). The van der Waals surface area contributed by atoms with Crippen LogP contribution in [0.25, 0.3) is 11.3 Å². The second-order valence-electron chi connectivity index (χ2n) is 4.76. The zero-order valence-electron chi connectivity index (χ0n) is 9.87. The van der Waals surface area contributed by atoms with E-state index in [1.165, 1.54) is 24.9 Å². The molecule has 1 atom stereocenters. The van der Waals surface area contributed by atoms with E-state index < -0.39 is 0 Å². The molecule has 0 aliphatic carbocycles. The van der Waals surface area contributed by atoms with Gasteiger partial charge in [0.1, 0.15) is 5.82 Å². The van der Waals surface area contributed by atoms with Gasteiger partial charge in [-0.3, -0.25) is 0 Å². The van der Waals surface area contributed by atoms with Gasteiger partial charge >= 0.3 is 0 Å². The predicted molar refractivity (Wildman–Crippen MR) is 67.7 cm³/mol. The lowest BCUT2D eigenvalue weighted by molar-refractivity contribution is 0.371. The summed E-state index contributed by atoms with van der Waals surface area (Å²) >= 11 is 0. The number of hydrogen-bond acceptors (Lipinski definition) is 2. The van der Waals surface area contributed by atoms with Crippen molar-refractivity contribution in [3.8, 4) is 11.3 Å². The van der Waals surface area contributed by atoms with Crippen LogP contribution in [0.4, 0.5) is 0 Å². The molecule has 0 amide bonds. The van der Waals surface area contributed by atoms with Crippen LogP contribution in [-0.2, 0) is 6.42 Å². The van der Waals surface area contributed by atoms with Gasteiger partial charge in [-0.15, -0.1) is 0 Å². The standard InChI is InChI=1S/C13H18N4/c1-2-10(7-14-4-1)6-13-16-9-12(17-13)11-3-5-15-8-11/h3,5,8-10,14-15H,1-2,4,6-7H2,(H,16,17). The van der Waals surface area contributed by atoms with Crippen LogP contribution in [0.1, 0.15) is 18.7 Å². The molecule has 0 spiro atoms. The van der Waals surface area contributed by atoms with E-state index in [0.717, 1.165) is 30.4 Å². The Balaban J connectivity index is 1.68. The summed E-state index contributed by atoms with van der Waals surface area (Å²) in [7, 11) is 0. The maximum atomic E-state index is 4.47. The van der Waals surface area contributed by atoms with Gasteiger partial charge in [0.15, 0.2) is 0 Å². The van der Waals surface area contributed by atoms with Gasteiger partial charge in [-0.1, -0.05) is 0 Å². The average Bonchev–Trinajstić information content (AvgIpc) is 3.00. The summed E-state index contributed by atoms with van der Waals surface area (Å²) in [6.07, 6.45) is 9.50. The smallest absolute Gasteiger partial charge is 0.106 e. The Morgan fingerprint density at radius 3 is 3.18 bits per heavy atom. The average molecular weight is 230 g/mol. The van der Waals surface area contributed by atoms with Gasteiger partial charge in [-0.05, 0) is 37.9 Å². The molecule has 3 heterocycles. The number of rotatable bonds is 3. The van der Waals surface area contributed by atoms with Crippen molar-refractivity contribution in [1.29, 1.82) is 0 Å². The van der Waals surface area contributed by atoms with Crippen molar-refractivity contribution in [2.75, 3.05) is 13.1 Å². The summed E-state index contributed by atoms with van der Waals surface area (Å²) in [4.78, 5) is 10.9. The summed E-state index contributed by atoms with van der Waals surface area (Å²) < 4.78 is 0. The van der Waals surface area contributed by atoms with Crippen LogP contribution in [0.15, 0.2) is 24.7 Å². The van der Waals surface area contributed by atoms with Crippen LogP contribution in [0.2, 0.25) is 0 Å². The Kier molecular flexibility index (Phi) is 2.96. The van der Waals surface area contributed by atoms with Gasteiger partial charge in [0.2, 0.25) is 0 Å². The van der Waals surface area contributed by atoms with E-state index in [4.69, 9.17) is 0 Å². The van der Waals surface area contributed by atoms with Crippen molar-refractivity contribution in [1.82, 2.24) is 20.3 Å². The molecular weight excluding hydrogens is 212 g/mol. The van der Waals surface area contributed by atoms with Crippen molar-refractivity contribution in [3.63, 3.8) is 0 Å². The molecule has 4 nitrogen and oxygen atoms in total. The monoisotopic (exact) mass is 230 g/mol. The van der Waals surface area contributed by atoms with E-state index in [2.05, 4.69) is 26.3 Å². The fourth-order valence-electron chi connectivity index (χ4n) is 2.48. The Morgan fingerprint density at radius 2 is 2.41 bits per heavy atom. The minimum atomic E-state index is 0.731. The van der Waals surface area contributed by atoms with Crippen molar-refractivity contribution < 1.29 is 0 Å². The zero-order valence-corrected chi connectivity index (χ0v) is 9.87. The van der Waals surface area contributed by atoms with E-state index in [9.17, 15) is 0 Å². The summed E-state index contributed by atoms with van der Waals surface area (Å²) in [5.74, 6) is 1.84. The molecule has 1 aliphatic heterocycles. The molecule has 1 fully saturated rings. The van der Waals surface area contributed by atoms with Crippen LogP contribution < -0.4 is 5.32 Å². The molecule has 17 heavy (non-hydrogen) atoms. The number of nitrogens with one attached hydrogen (secondary N) is 3. The van der Waals surface area contributed by atoms with E-state index >= 15 is 0 Å². The summed E-state index contributed by atoms with van der Waals surface area (Å²) in [5, 5.41) is 3.44. The number of nitrogens with zero attached hydrogens (tertiary/aromatic N) is 1. The van der Waals surface area contributed by atoms with Crippen LogP contribution >= 0.6 is 0 Å². The molecule has 2 aromatic heterocycles. The molecule has 1 unspecified atom stereocenters. The van der Waals surface area contributed by atoms with E-state index in [-0.39, 0.29) is 0 Å². The maximum Gasteiger partial charge on any atom is 0.106 e. The lowest BCUT2D eigenvalue weighted by atomic mass is 9.96. The Bertz CT molecular complexity index is 451. The molecule has 0 saturated carbocycles. The normalized spacial score (nSPS) is 20.6. The van der Waals surface area contributed by atoms with Gasteiger partial charge in [-0.2, -0.15) is 0 Å². The molecule has 90 valence electrons. The number of piperidine rings is 1. The van der Waals surface area contributed by atoms with Gasteiger partial charge in [0, 0.05) is 24.4 Å². The first-order valence-corrected chi connectivity index (χ1v) is 6.29. The van der Waals surface area contributed by atoms with Crippen LogP contribution in [0.5, 0.6) is 0 Å². The SMILES string of the molecule is c1cc(-c2cnc(CC3CCCNC3)[nH]2)c[nH]1. The lowest BCUT2D eigenvalue weighted by Crippen LogP contribution is -2.31. The predicted octanol–water partition coefficient (Wildman–Crippen LogP) is 1.95. The highest BCUT2D eigenvalue weighted by molar-refractivity contribution is 5.57. The first-order chi connectivity index (χ1) is 8.42. The summed E-state index contributed by atoms with van der Waals surface area (Å²) in [6, 6.07) is 2.06. The molecule has 1 aliphatic rings. The summed E-state index contributed by atoms with van der Waals surface area (Å²) in [6.45, 7) is 2.30. The van der Waals surface area contributed by atoms with Crippen LogP contribution in [0.3, 0.4) is 0 Å². The highest BCUT2D eigenvalue weighted by atomic mass is 14.9. The van der Waals surface area contributed by atoms with Crippen molar-refractivity contribution in [3.05, 3.63) is 30.5 Å². The quantitative estimate of drug-likeness (QED) is 0.755. The molecular formula is C13H18N4. The third kappa shape index (κ3) is 2.42. The van der Waals surface area contributed by atoms with Gasteiger partial charge in [-0.25, -0.2) is 4.98 Å². The van der Waals surface area contributed by atoms with Crippen molar-refractivity contribution in [2.45, 2.75) is 19.3 Å². The van der Waals surface area contributed by atoms with E-state index in [0.29, 0.717) is 0 Å². The largest absolute Gasteiger partial charge is 0.367 e. The number of aromatic amines is 2. The number of H-pyrrole nitrogens is 2. The Hall–Kier alpha value is -1.55. The number of hydrogen-bond donors (Lipinski definition) is 3. The topological polar surface area (TPSA) is 56.5 Å². The third-order valence-corrected chi connectivity index (χ3v) is 3.42. The lowest BCUT2D eigenvalue weighted by Gasteiger charge is -2.21. The number of aromatic nitrogens is 3. The third-order valence-electron chi connectivity index (χ3n) is 3.42. The van der Waals surface area contributed by atoms with Crippen molar-refractivity contribution in [2.24, 2.45) is 5.92 Å². The molecule has 0 radical (unpaired) electrons. The molecule has 1 saturated heterocycles. The second kappa shape index (κ2) is 4.75. The second-order valence-corrected chi connectivity index (χ2v) is 4.76. The first kappa shape index (κ1) is 10.6. The Labute approximate surface area is 101 Å². The van der Waals surface area contributed by atoms with Crippen LogP contribution in [0, 0.1) is 5.92 Å². The van der Waals surface area contributed by atoms with Gasteiger partial charge in [0.05, 0.1) is 11.9 Å². The minimum Gasteiger partial charge on any atom is -0.367 e. The molecule has 4 heteroatoms. The molecule has 0 bridgehead atoms. The van der Waals surface area contributed by atoms with E-state index in [1.807, 2.05) is 18.6 Å². The number of imidazole rings is 1. The first-order valence-electron chi connectivity index (χ1n) is 6.29.